The first-order valence-electron chi connectivity index (χ1n) is 6.50. The molecule has 1 aromatic heterocycles. The van der Waals surface area contributed by atoms with Gasteiger partial charge in [0.25, 0.3) is 5.91 Å². The lowest BCUT2D eigenvalue weighted by molar-refractivity contribution is -0.132. The van der Waals surface area contributed by atoms with Crippen molar-refractivity contribution in [1.82, 2.24) is 4.90 Å². The molecule has 108 valence electrons. The van der Waals surface area contributed by atoms with Gasteiger partial charge in [-0.15, -0.1) is 0 Å². The largest absolute Gasteiger partial charge is 0.484 e. The van der Waals surface area contributed by atoms with Gasteiger partial charge >= 0.3 is 0 Å². The Kier molecular flexibility index (Phi) is 4.62. The third kappa shape index (κ3) is 4.11. The van der Waals surface area contributed by atoms with Crippen LogP contribution in [0.1, 0.15) is 17.1 Å². The average Bonchev–Trinajstić information content (AvgIpc) is 2.90. The molecule has 5 nitrogen and oxygen atoms in total. The van der Waals surface area contributed by atoms with Gasteiger partial charge in [0.2, 0.25) is 0 Å². The molecule has 2 rings (SSSR count). The van der Waals surface area contributed by atoms with E-state index in [-0.39, 0.29) is 12.5 Å². The van der Waals surface area contributed by atoms with E-state index in [1.54, 1.807) is 31.3 Å². The second kappa shape index (κ2) is 6.62. The van der Waals surface area contributed by atoms with Crippen molar-refractivity contribution in [3.63, 3.8) is 0 Å². The Morgan fingerprint density at radius 1 is 1.38 bits per heavy atom. The Balaban J connectivity index is 1.87. The van der Waals surface area contributed by atoms with Crippen LogP contribution < -0.4 is 4.74 Å². The number of nitriles is 1. The first-order valence-corrected chi connectivity index (χ1v) is 6.50. The maximum atomic E-state index is 12.0. The van der Waals surface area contributed by atoms with Gasteiger partial charge in [-0.05, 0) is 37.3 Å². The van der Waals surface area contributed by atoms with Crippen molar-refractivity contribution >= 4 is 5.91 Å². The van der Waals surface area contributed by atoms with Gasteiger partial charge in [-0.3, -0.25) is 4.79 Å². The molecule has 1 aromatic carbocycles. The molecule has 1 heterocycles. The highest BCUT2D eigenvalue weighted by molar-refractivity contribution is 5.77. The van der Waals surface area contributed by atoms with Crippen molar-refractivity contribution in [3.05, 3.63) is 53.5 Å². The van der Waals surface area contributed by atoms with Crippen LogP contribution in [0, 0.1) is 18.3 Å². The number of hydrogen-bond donors (Lipinski definition) is 0. The minimum absolute atomic E-state index is 0.0783. The van der Waals surface area contributed by atoms with Crippen LogP contribution in [0.15, 0.2) is 40.8 Å². The van der Waals surface area contributed by atoms with E-state index >= 15 is 0 Å². The fourth-order valence-corrected chi connectivity index (χ4v) is 1.80. The summed E-state index contributed by atoms with van der Waals surface area (Å²) in [6.07, 6.45) is 0. The Morgan fingerprint density at radius 3 is 2.86 bits per heavy atom. The fraction of sp³-hybridized carbons (Fsp3) is 0.250. The summed E-state index contributed by atoms with van der Waals surface area (Å²) in [6, 6.07) is 12.4. The van der Waals surface area contributed by atoms with Gasteiger partial charge in [0.15, 0.2) is 6.61 Å². The van der Waals surface area contributed by atoms with E-state index in [0.29, 0.717) is 17.9 Å². The van der Waals surface area contributed by atoms with Gasteiger partial charge in [0.05, 0.1) is 18.2 Å². The summed E-state index contributed by atoms with van der Waals surface area (Å²) in [4.78, 5) is 13.5. The van der Waals surface area contributed by atoms with Crippen molar-refractivity contribution in [2.24, 2.45) is 0 Å². The summed E-state index contributed by atoms with van der Waals surface area (Å²) in [5, 5.41) is 8.80. The molecule has 0 N–H and O–H groups in total. The zero-order chi connectivity index (χ0) is 15.2. The highest BCUT2D eigenvalue weighted by Crippen LogP contribution is 2.13. The summed E-state index contributed by atoms with van der Waals surface area (Å²) in [5.41, 5.74) is 0.499. The van der Waals surface area contributed by atoms with E-state index in [1.807, 2.05) is 25.1 Å². The topological polar surface area (TPSA) is 66.5 Å². The molecule has 0 unspecified atom stereocenters. The van der Waals surface area contributed by atoms with E-state index in [4.69, 9.17) is 14.4 Å². The van der Waals surface area contributed by atoms with Gasteiger partial charge in [0.1, 0.15) is 17.3 Å². The number of amides is 1. The van der Waals surface area contributed by atoms with Crippen molar-refractivity contribution in [3.8, 4) is 11.8 Å². The van der Waals surface area contributed by atoms with Crippen molar-refractivity contribution in [2.45, 2.75) is 13.5 Å². The van der Waals surface area contributed by atoms with Crippen molar-refractivity contribution < 1.29 is 13.9 Å². The summed E-state index contributed by atoms with van der Waals surface area (Å²) >= 11 is 0. The lowest BCUT2D eigenvalue weighted by Crippen LogP contribution is -2.30. The van der Waals surface area contributed by atoms with Crippen LogP contribution in [0.2, 0.25) is 0 Å². The SMILES string of the molecule is Cc1ccc(CN(C)C(=O)COc2cccc(C#N)c2)o1. The van der Waals surface area contributed by atoms with Crippen LogP contribution in [0.25, 0.3) is 0 Å². The third-order valence-electron chi connectivity index (χ3n) is 2.94. The second-order valence-corrected chi connectivity index (χ2v) is 4.69. The zero-order valence-electron chi connectivity index (χ0n) is 12.0. The summed E-state index contributed by atoms with van der Waals surface area (Å²) < 4.78 is 10.8. The number of likely N-dealkylation sites (N-methyl/N-ethyl adjacent to an activating group) is 1. The van der Waals surface area contributed by atoms with E-state index in [1.165, 1.54) is 4.90 Å². The van der Waals surface area contributed by atoms with Gasteiger partial charge in [-0.25, -0.2) is 0 Å². The Labute approximate surface area is 123 Å². The fourth-order valence-electron chi connectivity index (χ4n) is 1.80. The van der Waals surface area contributed by atoms with Crippen LogP contribution in [-0.4, -0.2) is 24.5 Å². The maximum Gasteiger partial charge on any atom is 0.260 e. The lowest BCUT2D eigenvalue weighted by atomic mass is 10.2. The minimum Gasteiger partial charge on any atom is -0.484 e. The molecule has 0 radical (unpaired) electrons. The Morgan fingerprint density at radius 2 is 2.19 bits per heavy atom. The van der Waals surface area contributed by atoms with Gasteiger partial charge < -0.3 is 14.1 Å². The van der Waals surface area contributed by atoms with Crippen LogP contribution in [0.4, 0.5) is 0 Å². The van der Waals surface area contributed by atoms with Crippen LogP contribution in [0.5, 0.6) is 5.75 Å². The molecule has 21 heavy (non-hydrogen) atoms. The van der Waals surface area contributed by atoms with Crippen molar-refractivity contribution in [1.29, 1.82) is 5.26 Å². The number of aryl methyl sites for hydroxylation is 1. The van der Waals surface area contributed by atoms with Crippen LogP contribution >= 0.6 is 0 Å². The van der Waals surface area contributed by atoms with E-state index in [0.717, 1.165) is 11.5 Å². The number of carbonyl (C=O) groups is 1. The third-order valence-corrected chi connectivity index (χ3v) is 2.94. The standard InChI is InChI=1S/C16H16N2O3/c1-12-6-7-15(21-12)10-18(2)16(19)11-20-14-5-3-4-13(8-14)9-17/h3-8H,10-11H2,1-2H3. The Bertz CT molecular complexity index is 670. The second-order valence-electron chi connectivity index (χ2n) is 4.69. The molecule has 0 spiro atoms. The molecule has 1 amide bonds. The minimum atomic E-state index is -0.161. The molecular formula is C16H16N2O3. The van der Waals surface area contributed by atoms with E-state index in [9.17, 15) is 4.79 Å². The molecule has 0 aliphatic heterocycles. The summed E-state index contributed by atoms with van der Waals surface area (Å²) in [6.45, 7) is 2.18. The van der Waals surface area contributed by atoms with Gasteiger partial charge in [0, 0.05) is 7.05 Å². The number of furan rings is 1. The Hall–Kier alpha value is -2.74. The quantitative estimate of drug-likeness (QED) is 0.846. The van der Waals surface area contributed by atoms with Crippen LogP contribution in [-0.2, 0) is 11.3 Å². The first-order chi connectivity index (χ1) is 10.1. The zero-order valence-corrected chi connectivity index (χ0v) is 12.0. The molecule has 0 aliphatic rings. The molecule has 0 bridgehead atoms. The number of benzene rings is 1. The molecule has 2 aromatic rings. The highest BCUT2D eigenvalue weighted by Gasteiger charge is 2.12. The lowest BCUT2D eigenvalue weighted by Gasteiger charge is -2.16. The van der Waals surface area contributed by atoms with Crippen molar-refractivity contribution in [2.75, 3.05) is 13.7 Å². The van der Waals surface area contributed by atoms with E-state index < -0.39 is 0 Å². The number of hydrogen-bond acceptors (Lipinski definition) is 4. The first kappa shape index (κ1) is 14.7. The average molecular weight is 284 g/mol. The van der Waals surface area contributed by atoms with Gasteiger partial charge in [-0.1, -0.05) is 6.07 Å². The molecule has 0 fully saturated rings. The predicted octanol–water partition coefficient (Wildman–Crippen LogP) is 2.50. The monoisotopic (exact) mass is 284 g/mol. The molecule has 0 saturated heterocycles. The van der Waals surface area contributed by atoms with Gasteiger partial charge in [-0.2, -0.15) is 5.26 Å². The molecule has 0 atom stereocenters. The normalized spacial score (nSPS) is 9.95. The molecule has 5 heteroatoms. The summed E-state index contributed by atoms with van der Waals surface area (Å²) in [5.74, 6) is 1.89. The molecular weight excluding hydrogens is 268 g/mol. The highest BCUT2D eigenvalue weighted by atomic mass is 16.5. The number of rotatable bonds is 5. The predicted molar refractivity (Wildman–Crippen MR) is 76.6 cm³/mol. The van der Waals surface area contributed by atoms with Crippen LogP contribution in [0.3, 0.4) is 0 Å². The molecule has 0 aliphatic carbocycles. The smallest absolute Gasteiger partial charge is 0.260 e. The summed E-state index contributed by atoms with van der Waals surface area (Å²) in [7, 11) is 1.69. The molecule has 0 saturated carbocycles. The number of ether oxygens (including phenoxy) is 1. The maximum absolute atomic E-state index is 12.0. The number of carbonyl (C=O) groups excluding carboxylic acids is 1. The number of nitrogens with zero attached hydrogens (tertiary/aromatic N) is 2. The van der Waals surface area contributed by atoms with E-state index in [2.05, 4.69) is 0 Å².